The van der Waals surface area contributed by atoms with Crippen molar-refractivity contribution in [1.29, 1.82) is 0 Å². The lowest BCUT2D eigenvalue weighted by Crippen LogP contribution is -2.37. The molecule has 31 heavy (non-hydrogen) atoms. The molecule has 1 unspecified atom stereocenters. The Labute approximate surface area is 203 Å². The van der Waals surface area contributed by atoms with Crippen molar-refractivity contribution in [3.63, 3.8) is 0 Å². The van der Waals surface area contributed by atoms with Crippen molar-refractivity contribution in [3.05, 3.63) is 59.7 Å². The van der Waals surface area contributed by atoms with Gasteiger partial charge in [-0.05, 0) is 54.2 Å². The van der Waals surface area contributed by atoms with Gasteiger partial charge in [0.1, 0.15) is 5.75 Å². The third kappa shape index (κ3) is 9.59. The van der Waals surface area contributed by atoms with Gasteiger partial charge in [0.2, 0.25) is 5.91 Å². The maximum absolute atomic E-state index is 11.8. The molecule has 0 spiro atoms. The number of hydrogen-bond donors (Lipinski definition) is 3. The molecule has 7 heteroatoms. The number of methoxy groups -OCH3 is 1. The molecule has 0 aliphatic rings. The first-order valence-electron chi connectivity index (χ1n) is 10.5. The van der Waals surface area contributed by atoms with Crippen molar-refractivity contribution >= 4 is 41.5 Å². The van der Waals surface area contributed by atoms with Gasteiger partial charge in [-0.3, -0.25) is 9.79 Å². The van der Waals surface area contributed by atoms with Gasteiger partial charge in [0.15, 0.2) is 5.96 Å². The monoisotopic (exact) mass is 538 g/mol. The Kier molecular flexibility index (Phi) is 12.7. The summed E-state index contributed by atoms with van der Waals surface area (Å²) in [7, 11) is 3.45. The number of ether oxygens (including phenoxy) is 1. The molecule has 2 rings (SSSR count). The number of rotatable bonds is 10. The maximum Gasteiger partial charge on any atom is 0.224 e. The molecule has 3 N–H and O–H groups in total. The fourth-order valence-corrected chi connectivity index (χ4v) is 3.12. The topological polar surface area (TPSA) is 74.8 Å². The van der Waals surface area contributed by atoms with Crippen LogP contribution in [-0.4, -0.2) is 32.6 Å². The number of amides is 1. The van der Waals surface area contributed by atoms with E-state index in [1.807, 2.05) is 43.3 Å². The van der Waals surface area contributed by atoms with Gasteiger partial charge in [-0.2, -0.15) is 0 Å². The summed E-state index contributed by atoms with van der Waals surface area (Å²) in [5.74, 6) is 2.12. The Morgan fingerprint density at radius 1 is 1.13 bits per heavy atom. The van der Waals surface area contributed by atoms with Crippen molar-refractivity contribution in [2.45, 2.75) is 45.6 Å². The molecule has 0 heterocycles. The minimum absolute atomic E-state index is 0. The number of nitrogens with zero attached hydrogens (tertiary/aromatic N) is 1. The van der Waals surface area contributed by atoms with E-state index in [0.717, 1.165) is 42.3 Å². The summed E-state index contributed by atoms with van der Waals surface area (Å²) in [5.41, 5.74) is 3.20. The van der Waals surface area contributed by atoms with Crippen molar-refractivity contribution in [2.24, 2.45) is 4.99 Å². The van der Waals surface area contributed by atoms with Crippen molar-refractivity contribution in [3.8, 4) is 5.75 Å². The molecule has 0 saturated carbocycles. The van der Waals surface area contributed by atoms with Crippen LogP contribution in [0.5, 0.6) is 5.75 Å². The van der Waals surface area contributed by atoms with Crippen LogP contribution in [0.1, 0.15) is 50.2 Å². The van der Waals surface area contributed by atoms with E-state index in [1.165, 1.54) is 5.56 Å². The van der Waals surface area contributed by atoms with Crippen molar-refractivity contribution in [1.82, 2.24) is 10.6 Å². The van der Waals surface area contributed by atoms with E-state index in [4.69, 9.17) is 4.74 Å². The van der Waals surface area contributed by atoms with Crippen LogP contribution in [0.2, 0.25) is 0 Å². The lowest BCUT2D eigenvalue weighted by molar-refractivity contribution is -0.116. The molecule has 0 radical (unpaired) electrons. The van der Waals surface area contributed by atoms with Gasteiger partial charge in [0.25, 0.3) is 0 Å². The molecule has 2 aromatic carbocycles. The van der Waals surface area contributed by atoms with Crippen molar-refractivity contribution in [2.75, 3.05) is 26.0 Å². The van der Waals surface area contributed by atoms with Gasteiger partial charge < -0.3 is 20.7 Å². The third-order valence-corrected chi connectivity index (χ3v) is 4.93. The number of guanidine groups is 1. The molecule has 0 aliphatic carbocycles. The number of halogens is 1. The lowest BCUT2D eigenvalue weighted by atomic mass is 9.98. The first-order chi connectivity index (χ1) is 14.5. The summed E-state index contributed by atoms with van der Waals surface area (Å²) in [6.07, 6.45) is 2.37. The highest BCUT2D eigenvalue weighted by atomic mass is 127. The van der Waals surface area contributed by atoms with E-state index < -0.39 is 0 Å². The van der Waals surface area contributed by atoms with E-state index >= 15 is 0 Å². The van der Waals surface area contributed by atoms with Crippen LogP contribution in [0.3, 0.4) is 0 Å². The van der Waals surface area contributed by atoms with Gasteiger partial charge >= 0.3 is 0 Å². The predicted molar refractivity (Wildman–Crippen MR) is 140 cm³/mol. The summed E-state index contributed by atoms with van der Waals surface area (Å²) < 4.78 is 5.22. The van der Waals surface area contributed by atoms with Crippen LogP contribution in [0, 0.1) is 0 Å². The highest BCUT2D eigenvalue weighted by Gasteiger charge is 2.07. The minimum atomic E-state index is 0. The van der Waals surface area contributed by atoms with Gasteiger partial charge in [0, 0.05) is 32.2 Å². The molecule has 0 aromatic heterocycles. The van der Waals surface area contributed by atoms with Gasteiger partial charge in [0.05, 0.1) is 7.11 Å². The average Bonchev–Trinajstić information content (AvgIpc) is 2.76. The number of nitrogens with one attached hydrogen (secondary N) is 3. The molecule has 0 aliphatic heterocycles. The smallest absolute Gasteiger partial charge is 0.224 e. The number of aliphatic imine (C=N–C) groups is 1. The first kappa shape index (κ1) is 26.7. The van der Waals surface area contributed by atoms with Crippen LogP contribution >= 0.6 is 24.0 Å². The van der Waals surface area contributed by atoms with Gasteiger partial charge in [-0.1, -0.05) is 38.1 Å². The lowest BCUT2D eigenvalue weighted by Gasteiger charge is -2.16. The van der Waals surface area contributed by atoms with Crippen molar-refractivity contribution < 1.29 is 9.53 Å². The molecule has 0 fully saturated rings. The zero-order valence-electron chi connectivity index (χ0n) is 18.9. The number of hydrogen-bond acceptors (Lipinski definition) is 3. The van der Waals surface area contributed by atoms with E-state index in [9.17, 15) is 4.79 Å². The molecular weight excluding hydrogens is 503 g/mol. The third-order valence-electron chi connectivity index (χ3n) is 4.93. The molecular formula is C24H35IN4O2. The first-order valence-corrected chi connectivity index (χ1v) is 10.5. The zero-order valence-corrected chi connectivity index (χ0v) is 21.2. The Bertz CT molecular complexity index is 825. The zero-order chi connectivity index (χ0) is 21.8. The molecule has 2 aromatic rings. The number of carbonyl (C=O) groups is 1. The molecule has 0 saturated heterocycles. The maximum atomic E-state index is 11.8. The van der Waals surface area contributed by atoms with Gasteiger partial charge in [-0.25, -0.2) is 0 Å². The molecule has 0 bridgehead atoms. The number of anilines is 1. The van der Waals surface area contributed by atoms with E-state index in [-0.39, 0.29) is 29.9 Å². The van der Waals surface area contributed by atoms with E-state index in [1.54, 1.807) is 14.2 Å². The summed E-state index contributed by atoms with van der Waals surface area (Å²) >= 11 is 0. The van der Waals surface area contributed by atoms with E-state index in [2.05, 4.69) is 40.0 Å². The second-order valence-corrected chi connectivity index (χ2v) is 7.31. The summed E-state index contributed by atoms with van der Waals surface area (Å²) in [6, 6.07) is 16.1. The average molecular weight is 538 g/mol. The molecule has 6 nitrogen and oxygen atoms in total. The standard InChI is InChI=1S/C24H34N4O2.HI/c1-5-7-23(29)28-21-9-6-8-19(16-21)17-27-24(25-3)26-15-14-18(2)20-10-12-22(30-4)13-11-20;/h6,8-13,16,18H,5,7,14-15,17H2,1-4H3,(H,28,29)(H2,25,26,27);1H. The fraction of sp³-hybridized carbons (Fsp3) is 0.417. The Hall–Kier alpha value is -2.29. The highest BCUT2D eigenvalue weighted by Crippen LogP contribution is 2.21. The SMILES string of the molecule is CCCC(=O)Nc1cccc(CNC(=NC)NCCC(C)c2ccc(OC)cc2)c1.I. The normalized spacial score (nSPS) is 11.8. The summed E-state index contributed by atoms with van der Waals surface area (Å²) in [4.78, 5) is 16.1. The number of carbonyl (C=O) groups excluding carboxylic acids is 1. The van der Waals surface area contributed by atoms with Gasteiger partial charge in [-0.15, -0.1) is 24.0 Å². The van der Waals surface area contributed by atoms with Crippen LogP contribution < -0.4 is 20.7 Å². The Morgan fingerprint density at radius 3 is 2.52 bits per heavy atom. The Balaban J connectivity index is 0.00000480. The number of benzene rings is 2. The Morgan fingerprint density at radius 2 is 1.87 bits per heavy atom. The summed E-state index contributed by atoms with van der Waals surface area (Å²) in [5, 5.41) is 9.63. The minimum Gasteiger partial charge on any atom is -0.497 e. The second kappa shape index (κ2) is 14.7. The molecule has 1 atom stereocenters. The molecule has 170 valence electrons. The second-order valence-electron chi connectivity index (χ2n) is 7.31. The largest absolute Gasteiger partial charge is 0.497 e. The van der Waals surface area contributed by atoms with E-state index in [0.29, 0.717) is 18.9 Å². The molecule has 1 amide bonds. The van der Waals surface area contributed by atoms with Crippen LogP contribution in [0.4, 0.5) is 5.69 Å². The van der Waals surface area contributed by atoms with Crippen LogP contribution in [0.15, 0.2) is 53.5 Å². The van der Waals surface area contributed by atoms with Crippen LogP contribution in [0.25, 0.3) is 0 Å². The predicted octanol–water partition coefficient (Wildman–Crippen LogP) is 4.91. The summed E-state index contributed by atoms with van der Waals surface area (Å²) in [6.45, 7) is 5.67. The highest BCUT2D eigenvalue weighted by molar-refractivity contribution is 14.0. The fourth-order valence-electron chi connectivity index (χ4n) is 3.12. The quantitative estimate of drug-likeness (QED) is 0.228. The van der Waals surface area contributed by atoms with Crippen LogP contribution in [-0.2, 0) is 11.3 Å².